The maximum Gasteiger partial charge on any atom is 0.243 e. The Morgan fingerprint density at radius 2 is 2.37 bits per heavy atom. The van der Waals surface area contributed by atoms with E-state index in [1.165, 1.54) is 18.4 Å². The van der Waals surface area contributed by atoms with E-state index in [0.29, 0.717) is 6.54 Å². The van der Waals surface area contributed by atoms with Crippen molar-refractivity contribution < 1.29 is 9.32 Å². The molecule has 1 aromatic heterocycles. The van der Waals surface area contributed by atoms with E-state index >= 15 is 0 Å². The van der Waals surface area contributed by atoms with E-state index < -0.39 is 0 Å². The number of aryl methyl sites for hydroxylation is 1. The van der Waals surface area contributed by atoms with Crippen molar-refractivity contribution in [2.24, 2.45) is 0 Å². The highest BCUT2D eigenvalue weighted by Crippen LogP contribution is 2.24. The summed E-state index contributed by atoms with van der Waals surface area (Å²) in [6.07, 6.45) is 8.26. The predicted octanol–water partition coefficient (Wildman–Crippen LogP) is 1.04. The lowest BCUT2D eigenvalue weighted by atomic mass is 9.96. The van der Waals surface area contributed by atoms with Gasteiger partial charge in [-0.25, -0.2) is 0 Å². The first-order valence-corrected chi connectivity index (χ1v) is 6.87. The van der Waals surface area contributed by atoms with Gasteiger partial charge in [-0.2, -0.15) is 0 Å². The van der Waals surface area contributed by atoms with Crippen LogP contribution in [0.3, 0.4) is 0 Å². The van der Waals surface area contributed by atoms with Gasteiger partial charge in [-0.1, -0.05) is 17.3 Å². The van der Waals surface area contributed by atoms with Crippen LogP contribution in [0.25, 0.3) is 0 Å². The standard InChI is InChI=1S/C14H19N3O2/c1-17(14(18)11-6-4-8-15-11)9-12-10-5-2-3-7-13(10)19-16-12/h4,6,11,15H,2-3,5,7-9H2,1H3/t11-/m1/s1. The van der Waals surface area contributed by atoms with Gasteiger partial charge in [0.05, 0.1) is 6.54 Å². The van der Waals surface area contributed by atoms with Crippen LogP contribution in [0.2, 0.25) is 0 Å². The van der Waals surface area contributed by atoms with Gasteiger partial charge < -0.3 is 9.42 Å². The fourth-order valence-corrected chi connectivity index (χ4v) is 2.75. The molecule has 1 aliphatic heterocycles. The van der Waals surface area contributed by atoms with Crippen molar-refractivity contribution >= 4 is 5.91 Å². The first-order valence-electron chi connectivity index (χ1n) is 6.87. The van der Waals surface area contributed by atoms with E-state index in [0.717, 1.165) is 30.8 Å². The van der Waals surface area contributed by atoms with Crippen LogP contribution in [-0.2, 0) is 24.2 Å². The average molecular weight is 261 g/mol. The van der Waals surface area contributed by atoms with Gasteiger partial charge in [0.2, 0.25) is 5.91 Å². The molecule has 0 radical (unpaired) electrons. The number of rotatable bonds is 3. The first-order chi connectivity index (χ1) is 9.25. The summed E-state index contributed by atoms with van der Waals surface area (Å²) in [5.41, 5.74) is 2.15. The lowest BCUT2D eigenvalue weighted by molar-refractivity contribution is -0.131. The highest BCUT2D eigenvalue weighted by Gasteiger charge is 2.25. The first kappa shape index (κ1) is 12.4. The van der Waals surface area contributed by atoms with Crippen LogP contribution in [-0.4, -0.2) is 35.6 Å². The summed E-state index contributed by atoms with van der Waals surface area (Å²) in [7, 11) is 1.82. The van der Waals surface area contributed by atoms with E-state index in [9.17, 15) is 4.79 Å². The van der Waals surface area contributed by atoms with Gasteiger partial charge in [0, 0.05) is 25.6 Å². The van der Waals surface area contributed by atoms with Crippen LogP contribution in [0.15, 0.2) is 16.7 Å². The molecule has 1 aliphatic carbocycles. The van der Waals surface area contributed by atoms with E-state index in [4.69, 9.17) is 4.52 Å². The smallest absolute Gasteiger partial charge is 0.243 e. The van der Waals surface area contributed by atoms with Crippen molar-refractivity contribution in [3.63, 3.8) is 0 Å². The quantitative estimate of drug-likeness (QED) is 0.826. The second-order valence-electron chi connectivity index (χ2n) is 5.25. The number of fused-ring (bicyclic) bond motifs is 1. The Labute approximate surface area is 112 Å². The number of carbonyl (C=O) groups is 1. The number of likely N-dealkylation sites (N-methyl/N-ethyl adjacent to an activating group) is 1. The number of nitrogens with one attached hydrogen (secondary N) is 1. The SMILES string of the molecule is CN(Cc1noc2c1CCCC2)C(=O)[C@H]1C=CCN1. The van der Waals surface area contributed by atoms with Gasteiger partial charge in [-0.05, 0) is 19.3 Å². The molecule has 2 aliphatic rings. The topological polar surface area (TPSA) is 58.4 Å². The highest BCUT2D eigenvalue weighted by atomic mass is 16.5. The molecule has 1 N–H and O–H groups in total. The molecular formula is C14H19N3O2. The Balaban J connectivity index is 1.69. The Hall–Kier alpha value is -1.62. The van der Waals surface area contributed by atoms with Gasteiger partial charge >= 0.3 is 0 Å². The molecule has 0 bridgehead atoms. The van der Waals surface area contributed by atoms with E-state index in [1.54, 1.807) is 4.90 Å². The highest BCUT2D eigenvalue weighted by molar-refractivity contribution is 5.84. The van der Waals surface area contributed by atoms with Crippen molar-refractivity contribution in [2.45, 2.75) is 38.3 Å². The molecule has 0 unspecified atom stereocenters. The van der Waals surface area contributed by atoms with Crippen LogP contribution < -0.4 is 5.32 Å². The maximum absolute atomic E-state index is 12.2. The number of amides is 1. The average Bonchev–Trinajstić information content (AvgIpc) is 3.08. The van der Waals surface area contributed by atoms with Crippen molar-refractivity contribution in [3.8, 4) is 0 Å². The molecule has 19 heavy (non-hydrogen) atoms. The monoisotopic (exact) mass is 261 g/mol. The molecule has 0 saturated carbocycles. The number of aromatic nitrogens is 1. The summed E-state index contributed by atoms with van der Waals surface area (Å²) in [5, 5.41) is 7.27. The molecule has 3 rings (SSSR count). The Kier molecular flexibility index (Phi) is 3.38. The summed E-state index contributed by atoms with van der Waals surface area (Å²) in [4.78, 5) is 13.9. The molecule has 0 fully saturated rings. The summed E-state index contributed by atoms with van der Waals surface area (Å²) in [5.74, 6) is 1.10. The van der Waals surface area contributed by atoms with Crippen molar-refractivity contribution in [1.82, 2.24) is 15.4 Å². The van der Waals surface area contributed by atoms with Gasteiger partial charge in [-0.15, -0.1) is 0 Å². The minimum atomic E-state index is -0.187. The van der Waals surface area contributed by atoms with E-state index in [1.807, 2.05) is 19.2 Å². The van der Waals surface area contributed by atoms with Crippen LogP contribution in [0.4, 0.5) is 0 Å². The normalized spacial score (nSPS) is 21.4. The summed E-state index contributed by atoms with van der Waals surface area (Å²) in [6.45, 7) is 1.30. The lowest BCUT2D eigenvalue weighted by Gasteiger charge is -2.20. The number of carbonyl (C=O) groups excluding carboxylic acids is 1. The minimum absolute atomic E-state index is 0.0845. The molecule has 0 saturated heterocycles. The van der Waals surface area contributed by atoms with Crippen molar-refractivity contribution in [1.29, 1.82) is 0 Å². The summed E-state index contributed by atoms with van der Waals surface area (Å²) in [6, 6.07) is -0.187. The predicted molar refractivity (Wildman–Crippen MR) is 70.5 cm³/mol. The van der Waals surface area contributed by atoms with Crippen LogP contribution in [0.5, 0.6) is 0 Å². The Morgan fingerprint density at radius 1 is 1.53 bits per heavy atom. The van der Waals surface area contributed by atoms with Gasteiger partial charge in [-0.3, -0.25) is 10.1 Å². The van der Waals surface area contributed by atoms with Crippen LogP contribution in [0.1, 0.15) is 29.9 Å². The molecule has 1 aromatic rings. The zero-order valence-electron chi connectivity index (χ0n) is 11.2. The third kappa shape index (κ3) is 2.42. The molecule has 0 aromatic carbocycles. The van der Waals surface area contributed by atoms with E-state index in [2.05, 4.69) is 10.5 Å². The molecule has 0 spiro atoms. The Morgan fingerprint density at radius 3 is 3.16 bits per heavy atom. The Bertz CT molecular complexity index is 507. The fraction of sp³-hybridized carbons (Fsp3) is 0.571. The third-order valence-electron chi connectivity index (χ3n) is 3.84. The maximum atomic E-state index is 12.2. The molecule has 1 amide bonds. The fourth-order valence-electron chi connectivity index (χ4n) is 2.75. The van der Waals surface area contributed by atoms with Gasteiger partial charge in [0.1, 0.15) is 17.5 Å². The van der Waals surface area contributed by atoms with Gasteiger partial charge in [0.25, 0.3) is 0 Å². The van der Waals surface area contributed by atoms with E-state index in [-0.39, 0.29) is 11.9 Å². The minimum Gasteiger partial charge on any atom is -0.361 e. The molecule has 1 atom stereocenters. The summed E-state index contributed by atoms with van der Waals surface area (Å²) < 4.78 is 5.38. The zero-order chi connectivity index (χ0) is 13.2. The number of hydrogen-bond donors (Lipinski definition) is 1. The summed E-state index contributed by atoms with van der Waals surface area (Å²) >= 11 is 0. The second kappa shape index (κ2) is 5.17. The molecule has 5 nitrogen and oxygen atoms in total. The van der Waals surface area contributed by atoms with Crippen molar-refractivity contribution in [3.05, 3.63) is 29.2 Å². The molecule has 102 valence electrons. The molecule has 2 heterocycles. The number of hydrogen-bond acceptors (Lipinski definition) is 4. The van der Waals surface area contributed by atoms with Crippen molar-refractivity contribution in [2.75, 3.05) is 13.6 Å². The largest absolute Gasteiger partial charge is 0.361 e. The molecule has 5 heteroatoms. The molecular weight excluding hydrogens is 242 g/mol. The van der Waals surface area contributed by atoms with Crippen LogP contribution >= 0.6 is 0 Å². The third-order valence-corrected chi connectivity index (χ3v) is 3.84. The second-order valence-corrected chi connectivity index (χ2v) is 5.25. The zero-order valence-corrected chi connectivity index (χ0v) is 11.2. The van der Waals surface area contributed by atoms with Gasteiger partial charge in [0.15, 0.2) is 0 Å². The number of nitrogens with zero attached hydrogens (tertiary/aromatic N) is 2. The lowest BCUT2D eigenvalue weighted by Crippen LogP contribution is -2.41. The van der Waals surface area contributed by atoms with Crippen LogP contribution in [0, 0.1) is 0 Å².